The van der Waals surface area contributed by atoms with Gasteiger partial charge in [0.1, 0.15) is 11.3 Å². The van der Waals surface area contributed by atoms with E-state index in [1.54, 1.807) is 7.11 Å². The Labute approximate surface area is 118 Å². The van der Waals surface area contributed by atoms with Crippen LogP contribution in [0.1, 0.15) is 20.8 Å². The summed E-state index contributed by atoms with van der Waals surface area (Å²) in [6.45, 7) is 6.77. The summed E-state index contributed by atoms with van der Waals surface area (Å²) in [5, 5.41) is 0. The van der Waals surface area contributed by atoms with Gasteiger partial charge in [0.15, 0.2) is 4.77 Å². The maximum atomic E-state index is 5.80. The van der Waals surface area contributed by atoms with Crippen molar-refractivity contribution in [3.8, 4) is 5.75 Å². The predicted molar refractivity (Wildman–Crippen MR) is 79.4 cm³/mol. The number of benzene rings is 1. The molecule has 2 aromatic rings. The summed E-state index contributed by atoms with van der Waals surface area (Å²) in [7, 11) is 1.70. The van der Waals surface area contributed by atoms with Crippen molar-refractivity contribution in [1.29, 1.82) is 0 Å². The Morgan fingerprint density at radius 3 is 2.68 bits per heavy atom. The summed E-state index contributed by atoms with van der Waals surface area (Å²) < 4.78 is 13.9. The molecule has 104 valence electrons. The van der Waals surface area contributed by atoms with E-state index in [0.717, 1.165) is 23.3 Å². The SMILES string of the molecule is COC(C)Cn1c(=S)[nH]c2c(OC(C)C)cccc21. The fourth-order valence-electron chi connectivity index (χ4n) is 2.02. The number of rotatable bonds is 5. The van der Waals surface area contributed by atoms with Crippen LogP contribution in [0, 0.1) is 4.77 Å². The molecule has 4 nitrogen and oxygen atoms in total. The van der Waals surface area contributed by atoms with E-state index in [9.17, 15) is 0 Å². The number of hydrogen-bond donors (Lipinski definition) is 1. The van der Waals surface area contributed by atoms with Gasteiger partial charge in [0.25, 0.3) is 0 Å². The van der Waals surface area contributed by atoms with Crippen LogP contribution < -0.4 is 4.74 Å². The quantitative estimate of drug-likeness (QED) is 0.852. The Morgan fingerprint density at radius 1 is 1.32 bits per heavy atom. The van der Waals surface area contributed by atoms with E-state index in [1.807, 2.05) is 43.5 Å². The summed E-state index contributed by atoms with van der Waals surface area (Å²) in [5.41, 5.74) is 2.00. The lowest BCUT2D eigenvalue weighted by Gasteiger charge is -2.12. The molecular formula is C14H20N2O2S. The van der Waals surface area contributed by atoms with Gasteiger partial charge in [-0.1, -0.05) is 6.07 Å². The molecule has 1 N–H and O–H groups in total. The molecule has 0 spiro atoms. The zero-order valence-electron chi connectivity index (χ0n) is 11.8. The molecule has 0 saturated heterocycles. The lowest BCUT2D eigenvalue weighted by molar-refractivity contribution is 0.104. The number of methoxy groups -OCH3 is 1. The molecule has 0 aliphatic heterocycles. The Kier molecular flexibility index (Phi) is 4.27. The molecule has 1 aromatic heterocycles. The van der Waals surface area contributed by atoms with Crippen LogP contribution in [0.15, 0.2) is 18.2 Å². The molecule has 2 rings (SSSR count). The van der Waals surface area contributed by atoms with Crippen molar-refractivity contribution in [2.45, 2.75) is 39.5 Å². The van der Waals surface area contributed by atoms with Gasteiger partial charge in [-0.15, -0.1) is 0 Å². The van der Waals surface area contributed by atoms with Crippen LogP contribution in [-0.2, 0) is 11.3 Å². The van der Waals surface area contributed by atoms with E-state index < -0.39 is 0 Å². The minimum atomic E-state index is 0.111. The highest BCUT2D eigenvalue weighted by atomic mass is 32.1. The fourth-order valence-corrected chi connectivity index (χ4v) is 2.29. The Bertz CT molecular complexity index is 615. The standard InChI is InChI=1S/C14H20N2O2S/c1-9(2)18-12-7-5-6-11-13(12)15-14(19)16(11)8-10(3)17-4/h5-7,9-10H,8H2,1-4H3,(H,15,19). The van der Waals surface area contributed by atoms with Crippen LogP contribution in [0.3, 0.4) is 0 Å². The van der Waals surface area contributed by atoms with Gasteiger partial charge in [0.2, 0.25) is 0 Å². The van der Waals surface area contributed by atoms with Crippen molar-refractivity contribution >= 4 is 23.3 Å². The van der Waals surface area contributed by atoms with Crippen LogP contribution in [-0.4, -0.2) is 28.9 Å². The number of nitrogens with zero attached hydrogens (tertiary/aromatic N) is 1. The van der Waals surface area contributed by atoms with Crippen LogP contribution >= 0.6 is 12.2 Å². The zero-order chi connectivity index (χ0) is 14.0. The maximum Gasteiger partial charge on any atom is 0.178 e. The van der Waals surface area contributed by atoms with Crippen molar-refractivity contribution in [3.05, 3.63) is 23.0 Å². The molecule has 0 saturated carbocycles. The van der Waals surface area contributed by atoms with Gasteiger partial charge in [0.05, 0.1) is 24.3 Å². The van der Waals surface area contributed by atoms with Gasteiger partial charge in [-0.3, -0.25) is 0 Å². The lowest BCUT2D eigenvalue weighted by Crippen LogP contribution is -2.14. The van der Waals surface area contributed by atoms with Crippen LogP contribution in [0.25, 0.3) is 11.0 Å². The first-order chi connectivity index (χ1) is 9.02. The van der Waals surface area contributed by atoms with Crippen molar-refractivity contribution in [3.63, 3.8) is 0 Å². The molecule has 0 bridgehead atoms. The largest absolute Gasteiger partial charge is 0.489 e. The topological polar surface area (TPSA) is 39.2 Å². The number of para-hydroxylation sites is 1. The van der Waals surface area contributed by atoms with Gasteiger partial charge >= 0.3 is 0 Å². The molecule has 5 heteroatoms. The Balaban J connectivity index is 2.49. The monoisotopic (exact) mass is 280 g/mol. The van der Waals surface area contributed by atoms with E-state index in [-0.39, 0.29) is 12.2 Å². The number of H-pyrrole nitrogens is 1. The van der Waals surface area contributed by atoms with E-state index in [1.165, 1.54) is 0 Å². The number of imidazole rings is 1. The van der Waals surface area contributed by atoms with Crippen molar-refractivity contribution in [2.24, 2.45) is 0 Å². The highest BCUT2D eigenvalue weighted by Crippen LogP contribution is 2.26. The number of nitrogens with one attached hydrogen (secondary N) is 1. The van der Waals surface area contributed by atoms with E-state index in [4.69, 9.17) is 21.7 Å². The fraction of sp³-hybridized carbons (Fsp3) is 0.500. The minimum absolute atomic E-state index is 0.111. The molecule has 1 heterocycles. The molecule has 1 atom stereocenters. The van der Waals surface area contributed by atoms with Crippen LogP contribution in [0.4, 0.5) is 0 Å². The highest BCUT2D eigenvalue weighted by Gasteiger charge is 2.12. The first-order valence-electron chi connectivity index (χ1n) is 6.44. The second-order valence-corrected chi connectivity index (χ2v) is 5.29. The lowest BCUT2D eigenvalue weighted by atomic mass is 10.2. The van der Waals surface area contributed by atoms with Crippen LogP contribution in [0.5, 0.6) is 5.75 Å². The highest BCUT2D eigenvalue weighted by molar-refractivity contribution is 7.71. The number of aromatic amines is 1. The van der Waals surface area contributed by atoms with E-state index >= 15 is 0 Å². The summed E-state index contributed by atoms with van der Waals surface area (Å²) >= 11 is 5.39. The molecule has 0 aliphatic carbocycles. The minimum Gasteiger partial charge on any atom is -0.489 e. The average molecular weight is 280 g/mol. The third-order valence-corrected chi connectivity index (χ3v) is 3.30. The Hall–Kier alpha value is -1.33. The predicted octanol–water partition coefficient (Wildman–Crippen LogP) is 3.52. The summed E-state index contributed by atoms with van der Waals surface area (Å²) in [5.74, 6) is 0.836. The average Bonchev–Trinajstić information content (AvgIpc) is 2.67. The molecule has 1 unspecified atom stereocenters. The number of ether oxygens (including phenoxy) is 2. The summed E-state index contributed by atoms with van der Waals surface area (Å²) in [6, 6.07) is 5.98. The second kappa shape index (κ2) is 5.75. The van der Waals surface area contributed by atoms with Gasteiger partial charge in [0, 0.05) is 7.11 Å². The number of hydrogen-bond acceptors (Lipinski definition) is 3. The van der Waals surface area contributed by atoms with E-state index in [0.29, 0.717) is 4.77 Å². The third kappa shape index (κ3) is 2.98. The molecular weight excluding hydrogens is 260 g/mol. The first kappa shape index (κ1) is 14.1. The van der Waals surface area contributed by atoms with Crippen molar-refractivity contribution in [1.82, 2.24) is 9.55 Å². The normalized spacial score (nSPS) is 13.1. The summed E-state index contributed by atoms with van der Waals surface area (Å²) in [4.78, 5) is 3.23. The summed E-state index contributed by atoms with van der Waals surface area (Å²) in [6.07, 6.45) is 0.245. The van der Waals surface area contributed by atoms with Crippen molar-refractivity contribution in [2.75, 3.05) is 7.11 Å². The van der Waals surface area contributed by atoms with Gasteiger partial charge in [-0.05, 0) is 45.1 Å². The molecule has 0 amide bonds. The molecule has 0 radical (unpaired) electrons. The molecule has 1 aromatic carbocycles. The first-order valence-corrected chi connectivity index (χ1v) is 6.84. The third-order valence-electron chi connectivity index (χ3n) is 2.98. The van der Waals surface area contributed by atoms with Gasteiger partial charge < -0.3 is 19.0 Å². The molecule has 0 fully saturated rings. The molecule has 0 aliphatic rings. The smallest absolute Gasteiger partial charge is 0.178 e. The Morgan fingerprint density at radius 2 is 2.05 bits per heavy atom. The maximum absolute atomic E-state index is 5.80. The van der Waals surface area contributed by atoms with Gasteiger partial charge in [-0.2, -0.15) is 0 Å². The number of fused-ring (bicyclic) bond motifs is 1. The zero-order valence-corrected chi connectivity index (χ0v) is 12.6. The van der Waals surface area contributed by atoms with E-state index in [2.05, 4.69) is 4.98 Å². The van der Waals surface area contributed by atoms with Gasteiger partial charge in [-0.25, -0.2) is 0 Å². The van der Waals surface area contributed by atoms with Crippen molar-refractivity contribution < 1.29 is 9.47 Å². The molecule has 19 heavy (non-hydrogen) atoms. The second-order valence-electron chi connectivity index (χ2n) is 4.90. The number of aromatic nitrogens is 2. The van der Waals surface area contributed by atoms with Crippen LogP contribution in [0.2, 0.25) is 0 Å².